The Kier molecular flexibility index (Phi) is 9.31. The molecule has 3 amide bonds. The molecule has 1 aromatic heterocycles. The van der Waals surface area contributed by atoms with Crippen LogP contribution in [0.4, 0.5) is 4.79 Å². The van der Waals surface area contributed by atoms with Gasteiger partial charge in [0.15, 0.2) is 5.16 Å². The van der Waals surface area contributed by atoms with Crippen LogP contribution >= 0.6 is 11.8 Å². The normalized spacial score (nSPS) is 10.6. The number of urea groups is 1. The van der Waals surface area contributed by atoms with E-state index in [4.69, 9.17) is 4.74 Å². The summed E-state index contributed by atoms with van der Waals surface area (Å²) in [5.74, 6) is 1.19. The van der Waals surface area contributed by atoms with Crippen LogP contribution in [0.1, 0.15) is 38.1 Å². The quantitative estimate of drug-likeness (QED) is 0.327. The lowest BCUT2D eigenvalue weighted by molar-refractivity contribution is -0.117. The fraction of sp³-hybridized carbons (Fsp3) is 0.333. The zero-order valence-electron chi connectivity index (χ0n) is 18.9. The molecule has 0 aliphatic rings. The monoisotopic (exact) mass is 467 g/mol. The molecule has 174 valence electrons. The molecule has 8 nitrogen and oxygen atoms in total. The Morgan fingerprint density at radius 1 is 1.03 bits per heavy atom. The SMILES string of the molecule is CCCCNC(=O)NC(=O)CSc1nnc(Cc2ccccc2)n1-c1ccc(OCC)cc1. The number of benzene rings is 2. The minimum absolute atomic E-state index is 0.0434. The van der Waals surface area contributed by atoms with Crippen LogP contribution in [0, 0.1) is 0 Å². The van der Waals surface area contributed by atoms with Gasteiger partial charge in [-0.25, -0.2) is 4.79 Å². The maximum absolute atomic E-state index is 12.3. The number of carbonyl (C=O) groups is 2. The molecule has 0 saturated heterocycles. The number of nitrogens with one attached hydrogen (secondary N) is 2. The Morgan fingerprint density at radius 3 is 2.48 bits per heavy atom. The molecule has 3 rings (SSSR count). The second-order valence-electron chi connectivity index (χ2n) is 7.27. The molecule has 0 aliphatic carbocycles. The summed E-state index contributed by atoms with van der Waals surface area (Å²) in [5, 5.41) is 14.3. The summed E-state index contributed by atoms with van der Waals surface area (Å²) in [7, 11) is 0. The van der Waals surface area contributed by atoms with Crippen LogP contribution < -0.4 is 15.4 Å². The summed E-state index contributed by atoms with van der Waals surface area (Å²) < 4.78 is 7.48. The van der Waals surface area contributed by atoms with Crippen molar-refractivity contribution in [1.29, 1.82) is 0 Å². The summed E-state index contributed by atoms with van der Waals surface area (Å²) in [6.45, 7) is 5.11. The van der Waals surface area contributed by atoms with Gasteiger partial charge in [-0.1, -0.05) is 55.4 Å². The maximum atomic E-state index is 12.3. The van der Waals surface area contributed by atoms with Crippen molar-refractivity contribution in [2.24, 2.45) is 0 Å². The van der Waals surface area contributed by atoms with Crippen LogP contribution in [0.25, 0.3) is 5.69 Å². The third-order valence-electron chi connectivity index (χ3n) is 4.71. The number of carbonyl (C=O) groups excluding carboxylic acids is 2. The molecule has 1 heterocycles. The van der Waals surface area contributed by atoms with Crippen LogP contribution in [-0.4, -0.2) is 45.6 Å². The molecule has 2 N–H and O–H groups in total. The Hall–Kier alpha value is -3.33. The van der Waals surface area contributed by atoms with Crippen molar-refractivity contribution in [1.82, 2.24) is 25.4 Å². The summed E-state index contributed by atoms with van der Waals surface area (Å²) >= 11 is 1.23. The van der Waals surface area contributed by atoms with Crippen LogP contribution in [0.15, 0.2) is 59.8 Å². The molecule has 9 heteroatoms. The van der Waals surface area contributed by atoms with Crippen LogP contribution in [0.2, 0.25) is 0 Å². The Morgan fingerprint density at radius 2 is 1.79 bits per heavy atom. The first-order valence-corrected chi connectivity index (χ1v) is 12.0. The number of ether oxygens (including phenoxy) is 1. The number of unbranched alkanes of at least 4 members (excludes halogenated alkanes) is 1. The highest BCUT2D eigenvalue weighted by atomic mass is 32.2. The van der Waals surface area contributed by atoms with Gasteiger partial charge in [-0.15, -0.1) is 10.2 Å². The van der Waals surface area contributed by atoms with Crippen molar-refractivity contribution in [2.75, 3.05) is 18.9 Å². The van der Waals surface area contributed by atoms with Crippen LogP contribution in [-0.2, 0) is 11.2 Å². The molecule has 0 saturated carbocycles. The second-order valence-corrected chi connectivity index (χ2v) is 8.21. The predicted octanol–water partition coefficient (Wildman–Crippen LogP) is 3.97. The second kappa shape index (κ2) is 12.6. The van der Waals surface area contributed by atoms with E-state index in [-0.39, 0.29) is 11.7 Å². The molecule has 0 spiro atoms. The first-order chi connectivity index (χ1) is 16.1. The van der Waals surface area contributed by atoms with Crippen molar-refractivity contribution < 1.29 is 14.3 Å². The number of nitrogens with zero attached hydrogens (tertiary/aromatic N) is 3. The number of amides is 3. The Balaban J connectivity index is 1.75. The average Bonchev–Trinajstić information content (AvgIpc) is 3.21. The fourth-order valence-corrected chi connectivity index (χ4v) is 3.89. The molecule has 0 fully saturated rings. The number of hydrogen-bond acceptors (Lipinski definition) is 6. The Bertz CT molecular complexity index is 1040. The zero-order valence-corrected chi connectivity index (χ0v) is 19.7. The van der Waals surface area contributed by atoms with Crippen molar-refractivity contribution in [2.45, 2.75) is 38.3 Å². The smallest absolute Gasteiger partial charge is 0.321 e. The van der Waals surface area contributed by atoms with E-state index in [0.717, 1.165) is 35.7 Å². The van der Waals surface area contributed by atoms with E-state index in [9.17, 15) is 9.59 Å². The number of rotatable bonds is 11. The van der Waals surface area contributed by atoms with E-state index in [1.807, 2.05) is 73.0 Å². The van der Waals surface area contributed by atoms with Crippen LogP contribution in [0.3, 0.4) is 0 Å². The van der Waals surface area contributed by atoms with Crippen molar-refractivity contribution >= 4 is 23.7 Å². The number of hydrogen-bond donors (Lipinski definition) is 2. The van der Waals surface area contributed by atoms with Crippen molar-refractivity contribution in [3.05, 3.63) is 66.0 Å². The topological polar surface area (TPSA) is 98.1 Å². The molecule has 33 heavy (non-hydrogen) atoms. The molecular formula is C24H29N5O3S. The molecular weight excluding hydrogens is 438 g/mol. The number of imide groups is 1. The van der Waals surface area contributed by atoms with Gasteiger partial charge in [-0.3, -0.25) is 14.7 Å². The van der Waals surface area contributed by atoms with Gasteiger partial charge in [-0.05, 0) is 43.2 Å². The van der Waals surface area contributed by atoms with Gasteiger partial charge in [0, 0.05) is 18.7 Å². The largest absolute Gasteiger partial charge is 0.494 e. The average molecular weight is 468 g/mol. The summed E-state index contributed by atoms with van der Waals surface area (Å²) in [6, 6.07) is 17.2. The third-order valence-corrected chi connectivity index (χ3v) is 5.64. The van der Waals surface area contributed by atoms with Gasteiger partial charge in [0.2, 0.25) is 5.91 Å². The first-order valence-electron chi connectivity index (χ1n) is 11.0. The lowest BCUT2D eigenvalue weighted by Gasteiger charge is -2.12. The highest BCUT2D eigenvalue weighted by Crippen LogP contribution is 2.25. The Labute approximate surface area is 198 Å². The van der Waals surface area contributed by atoms with E-state index in [2.05, 4.69) is 20.8 Å². The predicted molar refractivity (Wildman–Crippen MR) is 129 cm³/mol. The lowest BCUT2D eigenvalue weighted by Crippen LogP contribution is -2.40. The lowest BCUT2D eigenvalue weighted by atomic mass is 10.1. The third kappa shape index (κ3) is 7.35. The molecule has 0 radical (unpaired) electrons. The van der Waals surface area contributed by atoms with Gasteiger partial charge in [-0.2, -0.15) is 0 Å². The summed E-state index contributed by atoms with van der Waals surface area (Å²) in [5.41, 5.74) is 1.98. The van der Waals surface area contributed by atoms with Gasteiger partial charge in [0.05, 0.1) is 12.4 Å². The summed E-state index contributed by atoms with van der Waals surface area (Å²) in [4.78, 5) is 24.1. The van der Waals surface area contributed by atoms with E-state index in [0.29, 0.717) is 24.7 Å². The van der Waals surface area contributed by atoms with Crippen molar-refractivity contribution in [3.63, 3.8) is 0 Å². The molecule has 0 bridgehead atoms. The van der Waals surface area contributed by atoms with E-state index >= 15 is 0 Å². The molecule has 0 atom stereocenters. The van der Waals surface area contributed by atoms with Crippen LogP contribution in [0.5, 0.6) is 5.75 Å². The minimum Gasteiger partial charge on any atom is -0.494 e. The first kappa shape index (κ1) is 24.3. The highest BCUT2D eigenvalue weighted by molar-refractivity contribution is 7.99. The highest BCUT2D eigenvalue weighted by Gasteiger charge is 2.17. The van der Waals surface area contributed by atoms with Gasteiger partial charge >= 0.3 is 6.03 Å². The molecule has 0 unspecified atom stereocenters. The molecule has 2 aromatic carbocycles. The van der Waals surface area contributed by atoms with E-state index in [1.54, 1.807) is 0 Å². The fourth-order valence-electron chi connectivity index (χ4n) is 3.12. The number of thioether (sulfide) groups is 1. The van der Waals surface area contributed by atoms with Crippen molar-refractivity contribution in [3.8, 4) is 11.4 Å². The standard InChI is InChI=1S/C24H29N5O3S/c1-3-5-15-25-23(31)26-22(30)17-33-24-28-27-21(16-18-9-7-6-8-10-18)29(24)19-11-13-20(14-12-19)32-4-2/h6-14H,3-5,15-17H2,1-2H3,(H2,25,26,30,31). The van der Waals surface area contributed by atoms with E-state index < -0.39 is 6.03 Å². The van der Waals surface area contributed by atoms with Gasteiger partial charge < -0.3 is 10.1 Å². The van der Waals surface area contributed by atoms with Gasteiger partial charge in [0.1, 0.15) is 11.6 Å². The molecule has 0 aliphatic heterocycles. The summed E-state index contributed by atoms with van der Waals surface area (Å²) in [6.07, 6.45) is 2.43. The maximum Gasteiger partial charge on any atom is 0.321 e. The van der Waals surface area contributed by atoms with E-state index in [1.165, 1.54) is 11.8 Å². The minimum atomic E-state index is -0.480. The molecule has 3 aromatic rings. The number of aromatic nitrogens is 3. The van der Waals surface area contributed by atoms with Gasteiger partial charge in [0.25, 0.3) is 0 Å². The zero-order chi connectivity index (χ0) is 23.5.